The Morgan fingerprint density at radius 2 is 1.48 bits per heavy atom. The van der Waals surface area contributed by atoms with E-state index in [4.69, 9.17) is 14.5 Å². The normalized spacial score (nSPS) is 12.2. The van der Waals surface area contributed by atoms with E-state index >= 15 is 0 Å². The van der Waals surface area contributed by atoms with Gasteiger partial charge in [0, 0.05) is 0 Å². The van der Waals surface area contributed by atoms with Crippen LogP contribution in [-0.4, -0.2) is 27.4 Å². The smallest absolute Gasteiger partial charge is 0.148 e. The van der Waals surface area contributed by atoms with Crippen molar-refractivity contribution in [1.29, 1.82) is 0 Å². The second-order valence-corrected chi connectivity index (χ2v) is 8.93. The zero-order valence-corrected chi connectivity index (χ0v) is 20.1. The molecule has 172 valence electrons. The molecule has 3 aromatic carbocycles. The van der Waals surface area contributed by atoms with Crippen LogP contribution in [0.3, 0.4) is 0 Å². The number of nitrogens with zero attached hydrogens (tertiary/aromatic N) is 2. The first-order valence-corrected chi connectivity index (χ1v) is 11.3. The van der Waals surface area contributed by atoms with E-state index in [9.17, 15) is 5.11 Å². The molecule has 1 heterocycles. The molecule has 0 aliphatic carbocycles. The Balaban J connectivity index is 1.52. The summed E-state index contributed by atoms with van der Waals surface area (Å²) >= 11 is 0. The third-order valence-electron chi connectivity index (χ3n) is 5.71. The number of imidazole rings is 1. The second kappa shape index (κ2) is 9.67. The van der Waals surface area contributed by atoms with Gasteiger partial charge in [-0.3, -0.25) is 0 Å². The number of fused-ring (bicyclic) bond motifs is 1. The van der Waals surface area contributed by atoms with E-state index < -0.39 is 6.10 Å². The SMILES string of the molecule is Cc1cc(C)cc(OCC(O)Cn2c(COc3c(C)cc(C)cc3C)nc3ccccc32)c1. The van der Waals surface area contributed by atoms with Crippen molar-refractivity contribution in [2.45, 2.75) is 53.9 Å². The van der Waals surface area contributed by atoms with Gasteiger partial charge in [0.25, 0.3) is 0 Å². The average molecular weight is 445 g/mol. The topological polar surface area (TPSA) is 56.5 Å². The van der Waals surface area contributed by atoms with Crippen LogP contribution in [0.1, 0.15) is 33.6 Å². The minimum atomic E-state index is -0.690. The predicted molar refractivity (Wildman–Crippen MR) is 132 cm³/mol. The summed E-state index contributed by atoms with van der Waals surface area (Å²) in [6.45, 7) is 11.2. The summed E-state index contributed by atoms with van der Waals surface area (Å²) in [5.74, 6) is 2.44. The van der Waals surface area contributed by atoms with Gasteiger partial charge >= 0.3 is 0 Å². The standard InChI is InChI=1S/C28H32N2O3/c1-18-10-19(2)14-24(13-18)32-16-23(31)15-30-26-9-7-6-8-25(26)29-27(30)17-33-28-21(4)11-20(3)12-22(28)5/h6-14,23,31H,15-17H2,1-5H3. The van der Waals surface area contributed by atoms with Crippen molar-refractivity contribution in [2.75, 3.05) is 6.61 Å². The Morgan fingerprint density at radius 3 is 2.18 bits per heavy atom. The van der Waals surface area contributed by atoms with E-state index in [1.165, 1.54) is 5.56 Å². The van der Waals surface area contributed by atoms with Crippen LogP contribution in [0.5, 0.6) is 11.5 Å². The molecule has 0 saturated carbocycles. The van der Waals surface area contributed by atoms with Crippen molar-refractivity contribution in [3.05, 3.63) is 88.2 Å². The highest BCUT2D eigenvalue weighted by Gasteiger charge is 2.16. The predicted octanol–water partition coefficient (Wildman–Crippen LogP) is 5.60. The Morgan fingerprint density at radius 1 is 0.848 bits per heavy atom. The summed E-state index contributed by atoms with van der Waals surface area (Å²) in [6.07, 6.45) is -0.690. The van der Waals surface area contributed by atoms with Crippen LogP contribution < -0.4 is 9.47 Å². The van der Waals surface area contributed by atoms with Gasteiger partial charge in [0.05, 0.1) is 17.6 Å². The van der Waals surface area contributed by atoms with E-state index in [0.717, 1.165) is 50.6 Å². The summed E-state index contributed by atoms with van der Waals surface area (Å²) in [7, 11) is 0. The molecule has 1 unspecified atom stereocenters. The van der Waals surface area contributed by atoms with E-state index in [1.54, 1.807) is 0 Å². The maximum Gasteiger partial charge on any atom is 0.148 e. The molecule has 33 heavy (non-hydrogen) atoms. The second-order valence-electron chi connectivity index (χ2n) is 8.93. The lowest BCUT2D eigenvalue weighted by atomic mass is 10.1. The van der Waals surface area contributed by atoms with Crippen LogP contribution in [0.2, 0.25) is 0 Å². The van der Waals surface area contributed by atoms with Gasteiger partial charge in [-0.15, -0.1) is 0 Å². The van der Waals surface area contributed by atoms with Crippen LogP contribution in [0.25, 0.3) is 11.0 Å². The molecule has 0 amide bonds. The Kier molecular flexibility index (Phi) is 6.70. The number of hydrogen-bond acceptors (Lipinski definition) is 4. The molecular weight excluding hydrogens is 412 g/mol. The highest BCUT2D eigenvalue weighted by Crippen LogP contribution is 2.26. The molecule has 0 fully saturated rings. The first-order valence-electron chi connectivity index (χ1n) is 11.3. The average Bonchev–Trinajstić information content (AvgIpc) is 3.08. The molecule has 4 rings (SSSR count). The van der Waals surface area contributed by atoms with E-state index in [2.05, 4.69) is 39.0 Å². The van der Waals surface area contributed by atoms with Crippen molar-refractivity contribution < 1.29 is 14.6 Å². The monoisotopic (exact) mass is 444 g/mol. The number of aryl methyl sites for hydroxylation is 5. The summed E-state index contributed by atoms with van der Waals surface area (Å²) in [5.41, 5.74) is 7.57. The molecular formula is C28H32N2O3. The Bertz CT molecular complexity index is 1230. The van der Waals surface area contributed by atoms with Crippen LogP contribution in [0.4, 0.5) is 0 Å². The first kappa shape index (κ1) is 22.9. The number of aliphatic hydroxyl groups is 1. The number of aliphatic hydroxyl groups excluding tert-OH is 1. The highest BCUT2D eigenvalue weighted by atomic mass is 16.5. The first-order chi connectivity index (χ1) is 15.8. The molecule has 0 saturated heterocycles. The lowest BCUT2D eigenvalue weighted by Gasteiger charge is -2.17. The zero-order valence-electron chi connectivity index (χ0n) is 20.1. The fraction of sp³-hybridized carbons (Fsp3) is 0.321. The molecule has 1 N–H and O–H groups in total. The number of ether oxygens (including phenoxy) is 2. The minimum absolute atomic E-state index is 0.200. The van der Waals surface area contributed by atoms with Crippen molar-refractivity contribution >= 4 is 11.0 Å². The van der Waals surface area contributed by atoms with Crippen molar-refractivity contribution in [3.63, 3.8) is 0 Å². The lowest BCUT2D eigenvalue weighted by molar-refractivity contribution is 0.0917. The van der Waals surface area contributed by atoms with Crippen LogP contribution >= 0.6 is 0 Å². The van der Waals surface area contributed by atoms with Gasteiger partial charge in [-0.25, -0.2) is 4.98 Å². The number of para-hydroxylation sites is 2. The molecule has 0 aliphatic heterocycles. The molecule has 5 nitrogen and oxygen atoms in total. The third-order valence-corrected chi connectivity index (χ3v) is 5.71. The molecule has 1 atom stereocenters. The molecule has 4 aromatic rings. The molecule has 1 aromatic heterocycles. The van der Waals surface area contributed by atoms with Crippen molar-refractivity contribution in [3.8, 4) is 11.5 Å². The third kappa shape index (κ3) is 5.37. The fourth-order valence-electron chi connectivity index (χ4n) is 4.44. The molecule has 0 radical (unpaired) electrons. The zero-order chi connectivity index (χ0) is 23.5. The minimum Gasteiger partial charge on any atom is -0.491 e. The summed E-state index contributed by atoms with van der Waals surface area (Å²) < 4.78 is 14.1. The molecule has 0 spiro atoms. The number of aromatic nitrogens is 2. The van der Waals surface area contributed by atoms with Gasteiger partial charge in [-0.1, -0.05) is 35.9 Å². The van der Waals surface area contributed by atoms with Crippen LogP contribution in [0.15, 0.2) is 54.6 Å². The van der Waals surface area contributed by atoms with Crippen LogP contribution in [0, 0.1) is 34.6 Å². The number of rotatable bonds is 8. The van der Waals surface area contributed by atoms with E-state index in [-0.39, 0.29) is 6.61 Å². The quantitative estimate of drug-likeness (QED) is 0.384. The van der Waals surface area contributed by atoms with Gasteiger partial charge in [0.15, 0.2) is 0 Å². The highest BCUT2D eigenvalue weighted by molar-refractivity contribution is 5.75. The molecule has 0 bridgehead atoms. The lowest BCUT2D eigenvalue weighted by Crippen LogP contribution is -2.25. The Hall–Kier alpha value is -3.31. The molecule has 5 heteroatoms. The van der Waals surface area contributed by atoms with Crippen molar-refractivity contribution in [2.24, 2.45) is 0 Å². The maximum atomic E-state index is 10.8. The summed E-state index contributed by atoms with van der Waals surface area (Å²) in [4.78, 5) is 4.79. The maximum absolute atomic E-state index is 10.8. The molecule has 0 aliphatic rings. The van der Waals surface area contributed by atoms with Gasteiger partial charge < -0.3 is 19.1 Å². The number of hydrogen-bond donors (Lipinski definition) is 1. The van der Waals surface area contributed by atoms with E-state index in [0.29, 0.717) is 13.2 Å². The van der Waals surface area contributed by atoms with Crippen LogP contribution in [-0.2, 0) is 13.2 Å². The summed E-state index contributed by atoms with van der Waals surface area (Å²) in [5, 5.41) is 10.8. The largest absolute Gasteiger partial charge is 0.491 e. The van der Waals surface area contributed by atoms with Gasteiger partial charge in [0.2, 0.25) is 0 Å². The van der Waals surface area contributed by atoms with Crippen molar-refractivity contribution in [1.82, 2.24) is 9.55 Å². The van der Waals surface area contributed by atoms with Gasteiger partial charge in [-0.05, 0) is 81.1 Å². The number of benzene rings is 3. The fourth-order valence-corrected chi connectivity index (χ4v) is 4.44. The summed E-state index contributed by atoms with van der Waals surface area (Å²) in [6, 6.07) is 18.3. The van der Waals surface area contributed by atoms with Gasteiger partial charge in [0.1, 0.15) is 36.6 Å². The van der Waals surface area contributed by atoms with E-state index in [1.807, 2.05) is 54.8 Å². The van der Waals surface area contributed by atoms with Gasteiger partial charge in [-0.2, -0.15) is 0 Å². The Labute approximate surface area is 195 Å².